The van der Waals surface area contributed by atoms with E-state index in [0.29, 0.717) is 5.56 Å². The van der Waals surface area contributed by atoms with Gasteiger partial charge in [0, 0.05) is 5.56 Å². The molecule has 1 N–H and O–H groups in total. The van der Waals surface area contributed by atoms with Gasteiger partial charge in [0.2, 0.25) is 0 Å². The van der Waals surface area contributed by atoms with Crippen LogP contribution in [0.5, 0.6) is 0 Å². The second kappa shape index (κ2) is 10.5. The Labute approximate surface area is 197 Å². The van der Waals surface area contributed by atoms with Gasteiger partial charge in [0.25, 0.3) is 0 Å². The van der Waals surface area contributed by atoms with Crippen LogP contribution in [0.1, 0.15) is 27.8 Å². The third-order valence-corrected chi connectivity index (χ3v) is 5.89. The van der Waals surface area contributed by atoms with Gasteiger partial charge in [-0.3, -0.25) is 0 Å². The summed E-state index contributed by atoms with van der Waals surface area (Å²) >= 11 is 0. The van der Waals surface area contributed by atoms with Crippen molar-refractivity contribution in [2.75, 3.05) is 6.61 Å². The van der Waals surface area contributed by atoms with Crippen molar-refractivity contribution in [1.82, 2.24) is 0 Å². The maximum Gasteiger partial charge on any atom is 0.338 e. The summed E-state index contributed by atoms with van der Waals surface area (Å²) in [6.07, 6.45) is -5.28. The molecule has 3 aromatic carbocycles. The van der Waals surface area contributed by atoms with Crippen molar-refractivity contribution < 1.29 is 33.6 Å². The topological polar surface area (TPSA) is 83.5 Å². The van der Waals surface area contributed by atoms with Crippen molar-refractivity contribution in [2.45, 2.75) is 43.6 Å². The second-order valence-corrected chi connectivity index (χ2v) is 8.24. The first-order valence-electron chi connectivity index (χ1n) is 11.3. The van der Waals surface area contributed by atoms with Crippen molar-refractivity contribution in [2.24, 2.45) is 0 Å². The lowest BCUT2D eigenvalue weighted by Crippen LogP contribution is -2.63. The predicted molar refractivity (Wildman–Crippen MR) is 122 cm³/mol. The largest absolute Gasteiger partial charge is 0.453 e. The van der Waals surface area contributed by atoms with Crippen LogP contribution in [0.15, 0.2) is 91.0 Å². The Kier molecular flexibility index (Phi) is 6.99. The van der Waals surface area contributed by atoms with E-state index in [9.17, 15) is 9.90 Å². The van der Waals surface area contributed by atoms with Crippen LogP contribution in [0.2, 0.25) is 0 Å². The van der Waals surface area contributed by atoms with Gasteiger partial charge in [0.1, 0.15) is 18.3 Å². The van der Waals surface area contributed by atoms with Crippen molar-refractivity contribution in [3.63, 3.8) is 0 Å². The Hall–Kier alpha value is -3.07. The van der Waals surface area contributed by atoms with E-state index >= 15 is 0 Å². The molecule has 3 aromatic rings. The molecule has 0 aliphatic carbocycles. The van der Waals surface area contributed by atoms with Crippen molar-refractivity contribution in [3.8, 4) is 0 Å². The molecule has 2 aliphatic heterocycles. The molecule has 0 amide bonds. The Morgan fingerprint density at radius 1 is 0.882 bits per heavy atom. The highest BCUT2D eigenvalue weighted by molar-refractivity contribution is 5.89. The lowest BCUT2D eigenvalue weighted by Gasteiger charge is -2.47. The zero-order valence-electron chi connectivity index (χ0n) is 18.4. The molecule has 2 heterocycles. The van der Waals surface area contributed by atoms with E-state index in [4.69, 9.17) is 23.7 Å². The van der Waals surface area contributed by atoms with Crippen LogP contribution < -0.4 is 0 Å². The van der Waals surface area contributed by atoms with E-state index in [1.807, 2.05) is 66.7 Å². The molecule has 34 heavy (non-hydrogen) atoms. The number of carbonyl (C=O) groups excluding carboxylic acids is 1. The number of rotatable bonds is 6. The van der Waals surface area contributed by atoms with Crippen LogP contribution in [-0.4, -0.2) is 48.4 Å². The normalized spacial score (nSPS) is 28.6. The molecule has 0 bridgehead atoms. The molecule has 2 aliphatic rings. The lowest BCUT2D eigenvalue weighted by atomic mass is 9.97. The third kappa shape index (κ3) is 5.04. The zero-order chi connectivity index (χ0) is 23.3. The Morgan fingerprint density at radius 2 is 1.53 bits per heavy atom. The number of carbonyl (C=O) groups is 1. The molecule has 0 saturated carbocycles. The number of benzene rings is 3. The third-order valence-electron chi connectivity index (χ3n) is 5.89. The molecule has 5 rings (SSSR count). The number of aliphatic hydroxyl groups is 1. The van der Waals surface area contributed by atoms with Crippen molar-refractivity contribution >= 4 is 5.97 Å². The fourth-order valence-corrected chi connectivity index (χ4v) is 4.13. The quantitative estimate of drug-likeness (QED) is 0.560. The molecular formula is C27H26O7. The van der Waals surface area contributed by atoms with Crippen LogP contribution in [-0.2, 0) is 30.3 Å². The minimum absolute atomic E-state index is 0.196. The van der Waals surface area contributed by atoms with Crippen LogP contribution >= 0.6 is 0 Å². The summed E-state index contributed by atoms with van der Waals surface area (Å²) in [5.74, 6) is -0.557. The van der Waals surface area contributed by atoms with Gasteiger partial charge in [-0.05, 0) is 17.7 Å². The maximum absolute atomic E-state index is 12.9. The fourth-order valence-electron chi connectivity index (χ4n) is 4.13. The second-order valence-electron chi connectivity index (χ2n) is 8.24. The summed E-state index contributed by atoms with van der Waals surface area (Å²) in [6.45, 7) is 0.426. The highest BCUT2D eigenvalue weighted by Gasteiger charge is 2.52. The number of ether oxygens (including phenoxy) is 5. The highest BCUT2D eigenvalue weighted by atomic mass is 16.8. The van der Waals surface area contributed by atoms with Crippen LogP contribution in [0.3, 0.4) is 0 Å². The Morgan fingerprint density at radius 3 is 2.24 bits per heavy atom. The highest BCUT2D eigenvalue weighted by Crippen LogP contribution is 2.36. The monoisotopic (exact) mass is 462 g/mol. The van der Waals surface area contributed by atoms with Crippen molar-refractivity contribution in [3.05, 3.63) is 108 Å². The maximum atomic E-state index is 12.9. The van der Waals surface area contributed by atoms with Gasteiger partial charge in [-0.25, -0.2) is 4.79 Å². The van der Waals surface area contributed by atoms with E-state index in [1.54, 1.807) is 24.3 Å². The molecule has 6 atom stereocenters. The molecule has 0 aromatic heterocycles. The van der Waals surface area contributed by atoms with E-state index < -0.39 is 43.0 Å². The molecule has 0 spiro atoms. The predicted octanol–water partition coefficient (Wildman–Crippen LogP) is 3.63. The summed E-state index contributed by atoms with van der Waals surface area (Å²) in [7, 11) is 0. The zero-order valence-corrected chi connectivity index (χ0v) is 18.4. The average Bonchev–Trinajstić information content (AvgIpc) is 2.90. The first kappa shape index (κ1) is 22.7. The minimum Gasteiger partial charge on any atom is -0.453 e. The molecule has 0 radical (unpaired) electrons. The van der Waals surface area contributed by atoms with Crippen LogP contribution in [0.25, 0.3) is 0 Å². The van der Waals surface area contributed by atoms with E-state index in [2.05, 4.69) is 0 Å². The average molecular weight is 462 g/mol. The van der Waals surface area contributed by atoms with E-state index in [1.165, 1.54) is 0 Å². The molecule has 1 unspecified atom stereocenters. The van der Waals surface area contributed by atoms with Crippen molar-refractivity contribution in [1.29, 1.82) is 0 Å². The standard InChI is InChI=1S/C27H26O7/c28-22-24(33-25(29)19-12-6-2-7-13-19)23-21(17-31-26(34-23)20-14-8-3-9-15-20)32-27(22)30-16-18-10-4-1-5-11-18/h1-15,21-24,26-28H,16-17H2/t21-,22-,23+,24-,26?,27-/m1/s1. The summed E-state index contributed by atoms with van der Waals surface area (Å²) in [5.41, 5.74) is 2.13. The van der Waals surface area contributed by atoms with Gasteiger partial charge in [-0.15, -0.1) is 0 Å². The van der Waals surface area contributed by atoms with Crippen LogP contribution in [0.4, 0.5) is 0 Å². The Bertz CT molecular complexity index is 1060. The number of fused-ring (bicyclic) bond motifs is 1. The lowest BCUT2D eigenvalue weighted by molar-refractivity contribution is -0.362. The van der Waals surface area contributed by atoms with E-state index in [-0.39, 0.29) is 13.2 Å². The molecule has 7 nitrogen and oxygen atoms in total. The number of hydrogen-bond acceptors (Lipinski definition) is 7. The van der Waals surface area contributed by atoms with Gasteiger partial charge in [-0.1, -0.05) is 78.9 Å². The van der Waals surface area contributed by atoms with Gasteiger partial charge in [0.05, 0.1) is 18.8 Å². The molecule has 7 heteroatoms. The van der Waals surface area contributed by atoms with Gasteiger partial charge in [0.15, 0.2) is 18.7 Å². The SMILES string of the molecule is O=C(O[C@@H]1[C@@H](O)[C@H](OCc2ccccc2)O[C@@H]2COC(c3ccccc3)O[C@H]12)c1ccccc1. The molecule has 2 saturated heterocycles. The summed E-state index contributed by atoms with van der Waals surface area (Å²) in [4.78, 5) is 12.9. The fraction of sp³-hybridized carbons (Fsp3) is 0.296. The summed E-state index contributed by atoms with van der Waals surface area (Å²) in [6, 6.07) is 27.7. The van der Waals surface area contributed by atoms with Crippen LogP contribution in [0, 0.1) is 0 Å². The van der Waals surface area contributed by atoms with Gasteiger partial charge < -0.3 is 28.8 Å². The van der Waals surface area contributed by atoms with Gasteiger partial charge >= 0.3 is 5.97 Å². The number of esters is 1. The number of hydrogen-bond donors (Lipinski definition) is 1. The smallest absolute Gasteiger partial charge is 0.338 e. The first-order chi connectivity index (χ1) is 16.7. The molecule has 2 fully saturated rings. The summed E-state index contributed by atoms with van der Waals surface area (Å²) in [5, 5.41) is 11.2. The number of aliphatic hydroxyl groups excluding tert-OH is 1. The first-order valence-corrected chi connectivity index (χ1v) is 11.3. The molecular weight excluding hydrogens is 436 g/mol. The minimum atomic E-state index is -1.26. The van der Waals surface area contributed by atoms with Gasteiger partial charge in [-0.2, -0.15) is 0 Å². The van der Waals surface area contributed by atoms with E-state index in [0.717, 1.165) is 11.1 Å². The summed E-state index contributed by atoms with van der Waals surface area (Å²) < 4.78 is 29.8. The Balaban J connectivity index is 1.36. The molecule has 176 valence electrons.